The van der Waals surface area contributed by atoms with E-state index in [0.717, 1.165) is 0 Å². The lowest BCUT2D eigenvalue weighted by molar-refractivity contribution is -0.129. The molecule has 2 aromatic rings. The number of amides is 1. The van der Waals surface area contributed by atoms with Crippen LogP contribution < -0.4 is 10.2 Å². The first-order chi connectivity index (χ1) is 12.1. The number of ketones is 1. The van der Waals surface area contributed by atoms with Gasteiger partial charge in [-0.15, -0.1) is 0 Å². The Bertz CT molecular complexity index is 797. The Kier molecular flexibility index (Phi) is 6.26. The summed E-state index contributed by atoms with van der Waals surface area (Å²) in [6, 6.07) is 15.8. The maximum atomic E-state index is 12.8. The van der Waals surface area contributed by atoms with Gasteiger partial charge in [0.05, 0.1) is 19.1 Å². The SMILES string of the molecule is COc1ccc(C(=O)c2ccccc2)c(C(C#N)CCC(=O)NO)c1. The van der Waals surface area contributed by atoms with Crippen molar-refractivity contribution in [2.75, 3.05) is 7.11 Å². The van der Waals surface area contributed by atoms with Crippen molar-refractivity contribution in [1.29, 1.82) is 5.26 Å². The number of ether oxygens (including phenoxy) is 1. The quantitative estimate of drug-likeness (QED) is 0.459. The molecule has 6 nitrogen and oxygen atoms in total. The molecule has 0 fully saturated rings. The topological polar surface area (TPSA) is 99.4 Å². The van der Waals surface area contributed by atoms with E-state index in [0.29, 0.717) is 22.4 Å². The summed E-state index contributed by atoms with van der Waals surface area (Å²) in [5.74, 6) is -0.953. The summed E-state index contributed by atoms with van der Waals surface area (Å²) in [6.07, 6.45) is 0.135. The summed E-state index contributed by atoms with van der Waals surface area (Å²) in [7, 11) is 1.50. The largest absolute Gasteiger partial charge is 0.497 e. The van der Waals surface area contributed by atoms with Gasteiger partial charge in [-0.2, -0.15) is 5.26 Å². The Balaban J connectivity index is 2.42. The number of benzene rings is 2. The number of carbonyl (C=O) groups is 2. The van der Waals surface area contributed by atoms with E-state index in [4.69, 9.17) is 9.94 Å². The van der Waals surface area contributed by atoms with Crippen LogP contribution >= 0.6 is 0 Å². The average Bonchev–Trinajstić information content (AvgIpc) is 2.68. The minimum absolute atomic E-state index is 0.0368. The molecule has 2 rings (SSSR count). The van der Waals surface area contributed by atoms with E-state index in [1.807, 2.05) is 6.07 Å². The second kappa shape index (κ2) is 8.62. The molecule has 0 saturated carbocycles. The third-order valence-corrected chi connectivity index (χ3v) is 3.86. The molecule has 0 radical (unpaired) electrons. The molecule has 0 aliphatic heterocycles. The van der Waals surface area contributed by atoms with E-state index in [9.17, 15) is 14.9 Å². The maximum absolute atomic E-state index is 12.8. The van der Waals surface area contributed by atoms with E-state index < -0.39 is 11.8 Å². The molecule has 1 atom stereocenters. The monoisotopic (exact) mass is 338 g/mol. The van der Waals surface area contributed by atoms with Gasteiger partial charge in [-0.3, -0.25) is 14.8 Å². The van der Waals surface area contributed by atoms with Gasteiger partial charge in [-0.1, -0.05) is 30.3 Å². The van der Waals surface area contributed by atoms with Crippen LogP contribution in [0.5, 0.6) is 5.75 Å². The summed E-state index contributed by atoms with van der Waals surface area (Å²) in [5.41, 5.74) is 2.95. The zero-order valence-electron chi connectivity index (χ0n) is 13.7. The average molecular weight is 338 g/mol. The van der Waals surface area contributed by atoms with Crippen molar-refractivity contribution in [2.45, 2.75) is 18.8 Å². The molecular weight excluding hydrogens is 320 g/mol. The molecule has 128 valence electrons. The maximum Gasteiger partial charge on any atom is 0.243 e. The summed E-state index contributed by atoms with van der Waals surface area (Å²) < 4.78 is 5.20. The zero-order valence-corrected chi connectivity index (χ0v) is 13.7. The van der Waals surface area contributed by atoms with E-state index in [2.05, 4.69) is 6.07 Å². The molecule has 25 heavy (non-hydrogen) atoms. The molecule has 2 aromatic carbocycles. The normalized spacial score (nSPS) is 11.2. The summed E-state index contributed by atoms with van der Waals surface area (Å²) >= 11 is 0. The fraction of sp³-hybridized carbons (Fsp3) is 0.211. The smallest absolute Gasteiger partial charge is 0.243 e. The number of nitrogens with zero attached hydrogens (tertiary/aromatic N) is 1. The fourth-order valence-electron chi connectivity index (χ4n) is 2.53. The molecule has 0 spiro atoms. The van der Waals surface area contributed by atoms with Crippen molar-refractivity contribution in [3.8, 4) is 11.8 Å². The Morgan fingerprint density at radius 3 is 2.56 bits per heavy atom. The molecule has 1 unspecified atom stereocenters. The molecule has 0 bridgehead atoms. The Morgan fingerprint density at radius 1 is 1.24 bits per heavy atom. The van der Waals surface area contributed by atoms with Crippen molar-refractivity contribution in [1.82, 2.24) is 5.48 Å². The van der Waals surface area contributed by atoms with E-state index >= 15 is 0 Å². The van der Waals surface area contributed by atoms with Crippen molar-refractivity contribution >= 4 is 11.7 Å². The lowest BCUT2D eigenvalue weighted by Gasteiger charge is -2.15. The Morgan fingerprint density at radius 2 is 1.96 bits per heavy atom. The van der Waals surface area contributed by atoms with E-state index in [-0.39, 0.29) is 18.6 Å². The van der Waals surface area contributed by atoms with Crippen LogP contribution in [0.1, 0.15) is 40.2 Å². The summed E-state index contributed by atoms with van der Waals surface area (Å²) in [4.78, 5) is 24.1. The van der Waals surface area contributed by atoms with E-state index in [1.165, 1.54) is 7.11 Å². The number of nitrogens with one attached hydrogen (secondary N) is 1. The summed E-state index contributed by atoms with van der Waals surface area (Å²) in [5, 5.41) is 18.1. The predicted octanol–water partition coefficient (Wildman–Crippen LogP) is 2.82. The highest BCUT2D eigenvalue weighted by Crippen LogP contribution is 2.29. The number of carbonyl (C=O) groups excluding carboxylic acids is 2. The van der Waals surface area contributed by atoms with Crippen LogP contribution in [-0.4, -0.2) is 24.0 Å². The molecule has 0 aliphatic carbocycles. The molecule has 0 aromatic heterocycles. The first kappa shape index (κ1) is 18.2. The molecule has 0 saturated heterocycles. The van der Waals surface area contributed by atoms with Crippen LogP contribution in [0.25, 0.3) is 0 Å². The van der Waals surface area contributed by atoms with Crippen molar-refractivity contribution in [3.05, 3.63) is 65.2 Å². The molecule has 0 heterocycles. The Labute approximate surface area is 145 Å². The predicted molar refractivity (Wildman–Crippen MR) is 90.4 cm³/mol. The van der Waals surface area contributed by atoms with Gasteiger partial charge in [0.1, 0.15) is 5.75 Å². The number of hydrogen-bond acceptors (Lipinski definition) is 5. The number of methoxy groups -OCH3 is 1. The number of rotatable bonds is 7. The van der Waals surface area contributed by atoms with E-state index in [1.54, 1.807) is 47.9 Å². The molecular formula is C19H18N2O4. The first-order valence-electron chi connectivity index (χ1n) is 7.71. The molecule has 1 amide bonds. The summed E-state index contributed by atoms with van der Waals surface area (Å²) in [6.45, 7) is 0. The van der Waals surface area contributed by atoms with Crippen LogP contribution in [0.3, 0.4) is 0 Å². The second-order valence-corrected chi connectivity index (χ2v) is 5.40. The third kappa shape index (κ3) is 4.43. The number of nitriles is 1. The minimum Gasteiger partial charge on any atom is -0.497 e. The lowest BCUT2D eigenvalue weighted by atomic mass is 9.88. The highest BCUT2D eigenvalue weighted by Gasteiger charge is 2.22. The second-order valence-electron chi connectivity index (χ2n) is 5.40. The standard InChI is InChI=1S/C19H18N2O4/c1-25-15-8-9-16(19(23)13-5-3-2-4-6-13)17(11-15)14(12-20)7-10-18(22)21-24/h2-6,8-9,11,14,24H,7,10H2,1H3,(H,21,22). The lowest BCUT2D eigenvalue weighted by Crippen LogP contribution is -2.19. The van der Waals surface area contributed by atoms with Crippen LogP contribution in [0.15, 0.2) is 48.5 Å². The molecule has 0 aliphatic rings. The van der Waals surface area contributed by atoms with Crippen molar-refractivity contribution < 1.29 is 19.5 Å². The van der Waals surface area contributed by atoms with Crippen molar-refractivity contribution in [3.63, 3.8) is 0 Å². The number of hydroxylamine groups is 1. The van der Waals surface area contributed by atoms with Gasteiger partial charge in [-0.25, -0.2) is 5.48 Å². The fourth-order valence-corrected chi connectivity index (χ4v) is 2.53. The third-order valence-electron chi connectivity index (χ3n) is 3.86. The van der Waals surface area contributed by atoms with Crippen molar-refractivity contribution in [2.24, 2.45) is 0 Å². The van der Waals surface area contributed by atoms with Crippen LogP contribution in [0, 0.1) is 11.3 Å². The highest BCUT2D eigenvalue weighted by atomic mass is 16.5. The Hall–Kier alpha value is -3.17. The van der Waals surface area contributed by atoms with Crippen LogP contribution in [0.2, 0.25) is 0 Å². The van der Waals surface area contributed by atoms with Gasteiger partial charge >= 0.3 is 0 Å². The highest BCUT2D eigenvalue weighted by molar-refractivity contribution is 6.10. The molecule has 2 N–H and O–H groups in total. The minimum atomic E-state index is -0.685. The first-order valence-corrected chi connectivity index (χ1v) is 7.71. The van der Waals surface area contributed by atoms with Crippen LogP contribution in [0.4, 0.5) is 0 Å². The van der Waals surface area contributed by atoms with Gasteiger partial charge in [0.15, 0.2) is 5.78 Å². The number of hydrogen-bond donors (Lipinski definition) is 2. The van der Waals surface area contributed by atoms with Crippen LogP contribution in [-0.2, 0) is 4.79 Å². The van der Waals surface area contributed by atoms with Gasteiger partial charge in [0, 0.05) is 17.5 Å². The van der Waals surface area contributed by atoms with Gasteiger partial charge in [0.2, 0.25) is 5.91 Å². The molecule has 6 heteroatoms. The zero-order chi connectivity index (χ0) is 18.2. The van der Waals surface area contributed by atoms with Gasteiger partial charge in [-0.05, 0) is 30.2 Å². The van der Waals surface area contributed by atoms with Gasteiger partial charge < -0.3 is 4.74 Å². The van der Waals surface area contributed by atoms with Gasteiger partial charge in [0.25, 0.3) is 0 Å².